The highest BCUT2D eigenvalue weighted by Gasteiger charge is 2.18. The lowest BCUT2D eigenvalue weighted by atomic mass is 9.98. The van der Waals surface area contributed by atoms with Gasteiger partial charge in [0.2, 0.25) is 0 Å². The first kappa shape index (κ1) is 15.5. The van der Waals surface area contributed by atoms with Gasteiger partial charge in [-0.25, -0.2) is 4.39 Å². The fourth-order valence-corrected chi connectivity index (χ4v) is 2.87. The number of hydrogen-bond donors (Lipinski definition) is 1. The Bertz CT molecular complexity index is 390. The largest absolute Gasteiger partial charge is 0.378 e. The van der Waals surface area contributed by atoms with Crippen molar-refractivity contribution >= 4 is 0 Å². The molecule has 0 spiro atoms. The van der Waals surface area contributed by atoms with Crippen molar-refractivity contribution in [1.82, 2.24) is 5.32 Å². The van der Waals surface area contributed by atoms with Gasteiger partial charge in [-0.1, -0.05) is 25.1 Å². The SMILES string of the molecule is CCCNC(CCCC1CCCO1)c1ccccc1F. The molecule has 112 valence electrons. The molecule has 0 aromatic heterocycles. The molecule has 2 atom stereocenters. The first-order chi connectivity index (χ1) is 9.81. The summed E-state index contributed by atoms with van der Waals surface area (Å²) in [5.74, 6) is -0.0989. The summed E-state index contributed by atoms with van der Waals surface area (Å²) in [6, 6.07) is 7.24. The third kappa shape index (κ3) is 4.57. The van der Waals surface area contributed by atoms with Crippen LogP contribution in [0.4, 0.5) is 4.39 Å². The van der Waals surface area contributed by atoms with Crippen molar-refractivity contribution < 1.29 is 9.13 Å². The highest BCUT2D eigenvalue weighted by atomic mass is 19.1. The summed E-state index contributed by atoms with van der Waals surface area (Å²) in [6.07, 6.45) is 7.03. The van der Waals surface area contributed by atoms with Gasteiger partial charge in [0.05, 0.1) is 6.10 Å². The molecule has 20 heavy (non-hydrogen) atoms. The molecule has 0 saturated carbocycles. The Balaban J connectivity index is 1.87. The highest BCUT2D eigenvalue weighted by Crippen LogP contribution is 2.25. The highest BCUT2D eigenvalue weighted by molar-refractivity contribution is 5.21. The van der Waals surface area contributed by atoms with E-state index in [-0.39, 0.29) is 11.9 Å². The molecule has 1 heterocycles. The van der Waals surface area contributed by atoms with Crippen molar-refractivity contribution in [3.8, 4) is 0 Å². The van der Waals surface area contributed by atoms with Crippen LogP contribution >= 0.6 is 0 Å². The monoisotopic (exact) mass is 279 g/mol. The predicted octanol–water partition coefficient (Wildman–Crippen LogP) is 4.22. The maximum Gasteiger partial charge on any atom is 0.127 e. The average Bonchev–Trinajstić information content (AvgIpc) is 2.97. The summed E-state index contributed by atoms with van der Waals surface area (Å²) in [5.41, 5.74) is 0.799. The number of halogens is 1. The van der Waals surface area contributed by atoms with E-state index in [2.05, 4.69) is 12.2 Å². The molecule has 1 aliphatic heterocycles. The van der Waals surface area contributed by atoms with Crippen LogP contribution in [0, 0.1) is 5.82 Å². The van der Waals surface area contributed by atoms with Gasteiger partial charge in [-0.05, 0) is 51.1 Å². The molecular weight excluding hydrogens is 253 g/mol. The molecule has 1 aromatic rings. The molecule has 2 unspecified atom stereocenters. The minimum Gasteiger partial charge on any atom is -0.378 e. The van der Waals surface area contributed by atoms with Gasteiger partial charge in [-0.3, -0.25) is 0 Å². The van der Waals surface area contributed by atoms with Gasteiger partial charge in [-0.15, -0.1) is 0 Å². The zero-order valence-corrected chi connectivity index (χ0v) is 12.4. The predicted molar refractivity (Wildman–Crippen MR) is 80.3 cm³/mol. The summed E-state index contributed by atoms with van der Waals surface area (Å²) in [7, 11) is 0. The van der Waals surface area contributed by atoms with E-state index in [9.17, 15) is 4.39 Å². The standard InChI is InChI=1S/C17H26FNO/c1-2-12-19-17(15-9-3-4-10-16(15)18)11-5-7-14-8-6-13-20-14/h3-4,9-10,14,17,19H,2,5-8,11-13H2,1H3. The summed E-state index contributed by atoms with van der Waals surface area (Å²) < 4.78 is 19.6. The topological polar surface area (TPSA) is 21.3 Å². The summed E-state index contributed by atoms with van der Waals surface area (Å²) >= 11 is 0. The minimum atomic E-state index is -0.0989. The first-order valence-electron chi connectivity index (χ1n) is 7.90. The van der Waals surface area contributed by atoms with E-state index in [0.717, 1.165) is 44.4 Å². The van der Waals surface area contributed by atoms with Gasteiger partial charge in [0.1, 0.15) is 5.82 Å². The molecule has 2 rings (SSSR count). The summed E-state index contributed by atoms with van der Waals surface area (Å²) in [4.78, 5) is 0. The Hall–Kier alpha value is -0.930. The number of rotatable bonds is 8. The lowest BCUT2D eigenvalue weighted by Crippen LogP contribution is -2.23. The molecule has 1 fully saturated rings. The normalized spacial score (nSPS) is 20.2. The molecule has 0 radical (unpaired) electrons. The van der Waals surface area contributed by atoms with Crippen LogP contribution in [-0.4, -0.2) is 19.3 Å². The van der Waals surface area contributed by atoms with Crippen molar-refractivity contribution in [2.45, 2.75) is 57.6 Å². The lowest BCUT2D eigenvalue weighted by Gasteiger charge is -2.20. The van der Waals surface area contributed by atoms with E-state index in [4.69, 9.17) is 4.74 Å². The van der Waals surface area contributed by atoms with Crippen LogP contribution in [0.3, 0.4) is 0 Å². The lowest BCUT2D eigenvalue weighted by molar-refractivity contribution is 0.101. The maximum absolute atomic E-state index is 13.9. The van der Waals surface area contributed by atoms with E-state index >= 15 is 0 Å². The molecule has 1 aromatic carbocycles. The molecule has 0 aliphatic carbocycles. The number of ether oxygens (including phenoxy) is 1. The smallest absolute Gasteiger partial charge is 0.127 e. The third-order valence-corrected chi connectivity index (χ3v) is 3.96. The van der Waals surface area contributed by atoms with Crippen LogP contribution in [-0.2, 0) is 4.74 Å². The van der Waals surface area contributed by atoms with Crippen LogP contribution in [0.5, 0.6) is 0 Å². The van der Waals surface area contributed by atoms with Crippen LogP contribution in [0.15, 0.2) is 24.3 Å². The minimum absolute atomic E-state index is 0.0989. The van der Waals surface area contributed by atoms with Gasteiger partial charge in [0, 0.05) is 18.2 Å². The fraction of sp³-hybridized carbons (Fsp3) is 0.647. The van der Waals surface area contributed by atoms with Gasteiger partial charge in [0.25, 0.3) is 0 Å². The Morgan fingerprint density at radius 1 is 1.40 bits per heavy atom. The number of benzene rings is 1. The van der Waals surface area contributed by atoms with Crippen molar-refractivity contribution in [1.29, 1.82) is 0 Å². The van der Waals surface area contributed by atoms with Crippen molar-refractivity contribution in [3.63, 3.8) is 0 Å². The second-order valence-electron chi connectivity index (χ2n) is 5.59. The van der Waals surface area contributed by atoms with Gasteiger partial charge >= 0.3 is 0 Å². The molecular formula is C17H26FNO. The van der Waals surface area contributed by atoms with E-state index < -0.39 is 0 Å². The summed E-state index contributed by atoms with van der Waals surface area (Å²) in [5, 5.41) is 3.47. The second-order valence-corrected chi connectivity index (χ2v) is 5.59. The molecule has 3 heteroatoms. The first-order valence-corrected chi connectivity index (χ1v) is 7.90. The van der Waals surface area contributed by atoms with E-state index in [1.165, 1.54) is 12.8 Å². The van der Waals surface area contributed by atoms with E-state index in [0.29, 0.717) is 6.10 Å². The Morgan fingerprint density at radius 3 is 2.95 bits per heavy atom. The van der Waals surface area contributed by atoms with E-state index in [1.807, 2.05) is 12.1 Å². The zero-order valence-electron chi connectivity index (χ0n) is 12.4. The molecule has 1 N–H and O–H groups in total. The van der Waals surface area contributed by atoms with Crippen molar-refractivity contribution in [2.24, 2.45) is 0 Å². The summed E-state index contributed by atoms with van der Waals surface area (Å²) in [6.45, 7) is 3.98. The van der Waals surface area contributed by atoms with Crippen LogP contribution in [0.2, 0.25) is 0 Å². The molecule has 2 nitrogen and oxygen atoms in total. The molecule has 1 saturated heterocycles. The van der Waals surface area contributed by atoms with Crippen LogP contribution in [0.1, 0.15) is 57.1 Å². The quantitative estimate of drug-likeness (QED) is 0.769. The molecule has 0 bridgehead atoms. The Labute approximate surface area is 121 Å². The van der Waals surface area contributed by atoms with E-state index in [1.54, 1.807) is 12.1 Å². The van der Waals surface area contributed by atoms with Crippen LogP contribution < -0.4 is 5.32 Å². The van der Waals surface area contributed by atoms with Crippen molar-refractivity contribution in [2.75, 3.05) is 13.2 Å². The van der Waals surface area contributed by atoms with Gasteiger partial charge < -0.3 is 10.1 Å². The van der Waals surface area contributed by atoms with Crippen molar-refractivity contribution in [3.05, 3.63) is 35.6 Å². The Kier molecular flexibility index (Phi) is 6.48. The van der Waals surface area contributed by atoms with Gasteiger partial charge in [-0.2, -0.15) is 0 Å². The molecule has 1 aliphatic rings. The zero-order chi connectivity index (χ0) is 14.2. The second kappa shape index (κ2) is 8.38. The number of hydrogen-bond acceptors (Lipinski definition) is 2. The van der Waals surface area contributed by atoms with Crippen LogP contribution in [0.25, 0.3) is 0 Å². The number of nitrogens with one attached hydrogen (secondary N) is 1. The Morgan fingerprint density at radius 2 is 2.25 bits per heavy atom. The van der Waals surface area contributed by atoms with Gasteiger partial charge in [0.15, 0.2) is 0 Å². The maximum atomic E-state index is 13.9. The molecule has 0 amide bonds. The average molecular weight is 279 g/mol. The fourth-order valence-electron chi connectivity index (χ4n) is 2.87. The third-order valence-electron chi connectivity index (χ3n) is 3.96.